The normalized spacial score (nSPS) is 14.7. The fraction of sp³-hybridized carbons (Fsp3) is 0.400. The predicted molar refractivity (Wildman–Crippen MR) is 119 cm³/mol. The molecule has 1 fully saturated rings. The second-order valence-electron chi connectivity index (χ2n) is 6.85. The SMILES string of the molecule is Cc1cc(C(=O)N(CCN2CCOCC2)c2nc3ccc(Cl)cc3s2)c(C)o1.Cl. The molecule has 0 bridgehead atoms. The first-order chi connectivity index (χ1) is 13.5. The van der Waals surface area contributed by atoms with E-state index in [9.17, 15) is 4.79 Å². The standard InChI is InChI=1S/C20H22ClN3O3S.ClH/c1-13-11-16(14(2)27-13)19(25)24(6-5-23-7-9-26-10-8-23)20-22-17-4-3-15(21)12-18(17)28-20;/h3-4,11-12H,5-10H2,1-2H3;1H. The molecule has 3 aromatic rings. The summed E-state index contributed by atoms with van der Waals surface area (Å²) in [6, 6.07) is 7.38. The Kier molecular flexibility index (Phi) is 7.19. The van der Waals surface area contributed by atoms with Gasteiger partial charge in [0.05, 0.1) is 29.0 Å². The number of hydrogen-bond donors (Lipinski definition) is 0. The quantitative estimate of drug-likeness (QED) is 0.564. The van der Waals surface area contributed by atoms with E-state index in [2.05, 4.69) is 4.90 Å². The highest BCUT2D eigenvalue weighted by Crippen LogP contribution is 2.32. The third-order valence-corrected chi connectivity index (χ3v) is 6.11. The van der Waals surface area contributed by atoms with Crippen molar-refractivity contribution in [3.8, 4) is 0 Å². The smallest absolute Gasteiger partial charge is 0.263 e. The first kappa shape index (κ1) is 22.1. The molecule has 0 atom stereocenters. The van der Waals surface area contributed by atoms with E-state index >= 15 is 0 Å². The number of benzene rings is 1. The molecule has 0 spiro atoms. The molecule has 2 aromatic heterocycles. The van der Waals surface area contributed by atoms with Gasteiger partial charge < -0.3 is 9.15 Å². The molecule has 156 valence electrons. The molecule has 1 aliphatic heterocycles. The van der Waals surface area contributed by atoms with Gasteiger partial charge in [-0.2, -0.15) is 0 Å². The number of thiazole rings is 1. The molecule has 0 radical (unpaired) electrons. The Morgan fingerprint density at radius 2 is 2.03 bits per heavy atom. The van der Waals surface area contributed by atoms with Crippen LogP contribution in [-0.2, 0) is 4.74 Å². The molecule has 9 heteroatoms. The number of halogens is 2. The summed E-state index contributed by atoms with van der Waals surface area (Å²) >= 11 is 7.60. The average Bonchev–Trinajstić information content (AvgIpc) is 3.24. The molecule has 0 aliphatic carbocycles. The Morgan fingerprint density at radius 1 is 1.28 bits per heavy atom. The van der Waals surface area contributed by atoms with Crippen LogP contribution in [0, 0.1) is 13.8 Å². The zero-order chi connectivity index (χ0) is 19.7. The van der Waals surface area contributed by atoms with Gasteiger partial charge in [0.25, 0.3) is 5.91 Å². The van der Waals surface area contributed by atoms with Crippen LogP contribution in [0.3, 0.4) is 0 Å². The molecule has 0 saturated carbocycles. The number of carbonyl (C=O) groups is 1. The van der Waals surface area contributed by atoms with Crippen LogP contribution in [0.5, 0.6) is 0 Å². The number of amides is 1. The van der Waals surface area contributed by atoms with Crippen LogP contribution in [0.15, 0.2) is 28.7 Å². The highest BCUT2D eigenvalue weighted by atomic mass is 35.5. The highest BCUT2D eigenvalue weighted by Gasteiger charge is 2.25. The monoisotopic (exact) mass is 455 g/mol. The highest BCUT2D eigenvalue weighted by molar-refractivity contribution is 7.22. The van der Waals surface area contributed by atoms with Crippen molar-refractivity contribution in [3.05, 3.63) is 46.4 Å². The summed E-state index contributed by atoms with van der Waals surface area (Å²) in [6.45, 7) is 8.20. The number of aromatic nitrogens is 1. The van der Waals surface area contributed by atoms with Crippen molar-refractivity contribution in [2.24, 2.45) is 0 Å². The van der Waals surface area contributed by atoms with Gasteiger partial charge in [-0.3, -0.25) is 14.6 Å². The summed E-state index contributed by atoms with van der Waals surface area (Å²) in [7, 11) is 0. The number of nitrogens with zero attached hydrogens (tertiary/aromatic N) is 3. The van der Waals surface area contributed by atoms with E-state index in [1.54, 1.807) is 11.0 Å². The van der Waals surface area contributed by atoms with Crippen molar-refractivity contribution < 1.29 is 13.9 Å². The van der Waals surface area contributed by atoms with Gasteiger partial charge >= 0.3 is 0 Å². The number of carbonyl (C=O) groups excluding carboxylic acids is 1. The number of ether oxygens (including phenoxy) is 1. The fourth-order valence-corrected chi connectivity index (χ4v) is 4.61. The van der Waals surface area contributed by atoms with E-state index < -0.39 is 0 Å². The fourth-order valence-electron chi connectivity index (χ4n) is 3.34. The molecule has 29 heavy (non-hydrogen) atoms. The van der Waals surface area contributed by atoms with Gasteiger partial charge in [0, 0.05) is 31.2 Å². The number of aryl methyl sites for hydroxylation is 2. The molecule has 1 amide bonds. The largest absolute Gasteiger partial charge is 0.466 e. The summed E-state index contributed by atoms with van der Waals surface area (Å²) in [5, 5.41) is 1.34. The van der Waals surface area contributed by atoms with Crippen LogP contribution in [-0.4, -0.2) is 55.2 Å². The summed E-state index contributed by atoms with van der Waals surface area (Å²) in [5.74, 6) is 1.26. The van der Waals surface area contributed by atoms with Gasteiger partial charge in [-0.25, -0.2) is 4.98 Å². The Labute approximate surface area is 184 Å². The van der Waals surface area contributed by atoms with Gasteiger partial charge in [-0.05, 0) is 38.1 Å². The third kappa shape index (κ3) is 4.92. The lowest BCUT2D eigenvalue weighted by Crippen LogP contribution is -2.43. The zero-order valence-corrected chi connectivity index (χ0v) is 18.7. The molecule has 0 unspecified atom stereocenters. The Balaban J connectivity index is 0.00000240. The Hall–Kier alpha value is -1.64. The molecule has 1 aromatic carbocycles. The summed E-state index contributed by atoms with van der Waals surface area (Å²) < 4.78 is 12.0. The lowest BCUT2D eigenvalue weighted by molar-refractivity contribution is 0.0391. The summed E-state index contributed by atoms with van der Waals surface area (Å²) in [5.41, 5.74) is 1.42. The molecule has 6 nitrogen and oxygen atoms in total. The number of fused-ring (bicyclic) bond motifs is 1. The van der Waals surface area contributed by atoms with Gasteiger partial charge in [-0.15, -0.1) is 12.4 Å². The minimum atomic E-state index is -0.0900. The number of rotatable bonds is 5. The molecular formula is C20H23Cl2N3O3S. The zero-order valence-electron chi connectivity index (χ0n) is 16.3. The minimum absolute atomic E-state index is 0. The summed E-state index contributed by atoms with van der Waals surface area (Å²) in [4.78, 5) is 22.1. The average molecular weight is 456 g/mol. The number of anilines is 1. The second-order valence-corrected chi connectivity index (χ2v) is 8.29. The Bertz CT molecular complexity index is 998. The molecule has 4 rings (SSSR count). The van der Waals surface area contributed by atoms with E-state index in [1.807, 2.05) is 32.0 Å². The lowest BCUT2D eigenvalue weighted by Gasteiger charge is -2.29. The maximum Gasteiger partial charge on any atom is 0.263 e. The van der Waals surface area contributed by atoms with Crippen molar-refractivity contribution >= 4 is 56.6 Å². The van der Waals surface area contributed by atoms with E-state index in [0.717, 1.165) is 48.8 Å². The van der Waals surface area contributed by atoms with Crippen LogP contribution in [0.1, 0.15) is 21.9 Å². The van der Waals surface area contributed by atoms with Crippen LogP contribution in [0.2, 0.25) is 5.02 Å². The number of hydrogen-bond acceptors (Lipinski definition) is 6. The summed E-state index contributed by atoms with van der Waals surface area (Å²) in [6.07, 6.45) is 0. The first-order valence-electron chi connectivity index (χ1n) is 9.26. The van der Waals surface area contributed by atoms with Crippen molar-refractivity contribution in [1.82, 2.24) is 9.88 Å². The molecule has 0 N–H and O–H groups in total. The van der Waals surface area contributed by atoms with Gasteiger partial charge in [0.1, 0.15) is 11.5 Å². The van der Waals surface area contributed by atoms with E-state index in [1.165, 1.54) is 11.3 Å². The maximum atomic E-state index is 13.4. The third-order valence-electron chi connectivity index (χ3n) is 4.83. The van der Waals surface area contributed by atoms with Gasteiger partial charge in [0.2, 0.25) is 0 Å². The maximum absolute atomic E-state index is 13.4. The minimum Gasteiger partial charge on any atom is -0.466 e. The molecule has 1 aliphatic rings. The van der Waals surface area contributed by atoms with E-state index in [-0.39, 0.29) is 18.3 Å². The Morgan fingerprint density at radius 3 is 2.72 bits per heavy atom. The van der Waals surface area contributed by atoms with Crippen molar-refractivity contribution in [2.45, 2.75) is 13.8 Å². The topological polar surface area (TPSA) is 58.8 Å². The van der Waals surface area contributed by atoms with Crippen molar-refractivity contribution in [2.75, 3.05) is 44.3 Å². The van der Waals surface area contributed by atoms with Crippen molar-refractivity contribution in [1.29, 1.82) is 0 Å². The molecule has 1 saturated heterocycles. The van der Waals surface area contributed by atoms with Crippen LogP contribution >= 0.6 is 35.3 Å². The van der Waals surface area contributed by atoms with E-state index in [4.69, 9.17) is 25.7 Å². The van der Waals surface area contributed by atoms with Crippen LogP contribution in [0.4, 0.5) is 5.13 Å². The van der Waals surface area contributed by atoms with Crippen molar-refractivity contribution in [3.63, 3.8) is 0 Å². The van der Waals surface area contributed by atoms with Gasteiger partial charge in [0.15, 0.2) is 5.13 Å². The van der Waals surface area contributed by atoms with Crippen LogP contribution < -0.4 is 4.90 Å². The lowest BCUT2D eigenvalue weighted by atomic mass is 10.2. The second kappa shape index (κ2) is 9.45. The van der Waals surface area contributed by atoms with E-state index in [0.29, 0.717) is 28.0 Å². The van der Waals surface area contributed by atoms with Gasteiger partial charge in [-0.1, -0.05) is 22.9 Å². The van der Waals surface area contributed by atoms with Crippen LogP contribution in [0.25, 0.3) is 10.2 Å². The first-order valence-corrected chi connectivity index (χ1v) is 10.5. The predicted octanol–water partition coefficient (Wildman–Crippen LogP) is 4.56. The molecule has 3 heterocycles. The number of morpholine rings is 1. The molecular weight excluding hydrogens is 433 g/mol. The number of furan rings is 1.